The molecule has 0 saturated heterocycles. The summed E-state index contributed by atoms with van der Waals surface area (Å²) in [5, 5.41) is 0. The molecule has 0 aliphatic carbocycles. The van der Waals surface area contributed by atoms with E-state index in [-0.39, 0.29) is 18.0 Å². The Morgan fingerprint density at radius 1 is 1.55 bits per heavy atom. The van der Waals surface area contributed by atoms with Crippen molar-refractivity contribution in [3.05, 3.63) is 0 Å². The zero-order valence-electron chi connectivity index (χ0n) is 6.86. The topological polar surface area (TPSA) is 52.6 Å². The monoisotopic (exact) mass is 179 g/mol. The number of hydrogen-bond donors (Lipinski definition) is 0. The highest BCUT2D eigenvalue weighted by Crippen LogP contribution is 2.24. The number of carbonyl (C=O) groups excluding carboxylic acids is 1. The molecule has 0 bridgehead atoms. The molecule has 0 fully saturated rings. The van der Waals surface area contributed by atoms with Gasteiger partial charge in [0, 0.05) is 0 Å². The molecule has 0 aromatic heterocycles. The average Bonchev–Trinajstić information content (AvgIpc) is 2.02. The lowest BCUT2D eigenvalue weighted by atomic mass is 10.2. The van der Waals surface area contributed by atoms with Crippen molar-refractivity contribution in [1.82, 2.24) is 0 Å². The van der Waals surface area contributed by atoms with E-state index in [1.54, 1.807) is 6.92 Å². The maximum atomic E-state index is 10.8. The second kappa shape index (κ2) is 5.22. The van der Waals surface area contributed by atoms with Crippen LogP contribution in [0.1, 0.15) is 6.92 Å². The molecule has 2 atom stereocenters. The predicted octanol–water partition coefficient (Wildman–Crippen LogP) is 1.18. The van der Waals surface area contributed by atoms with E-state index in [9.17, 15) is 9.36 Å². The number of hydrogen-bond acceptors (Lipinski definition) is 4. The molecule has 0 spiro atoms. The summed E-state index contributed by atoms with van der Waals surface area (Å²) in [6.07, 6.45) is 0.221. The number of carbonyl (C=O) groups is 1. The first-order valence-corrected chi connectivity index (χ1v) is 4.54. The first-order chi connectivity index (χ1) is 5.11. The Morgan fingerprint density at radius 3 is 2.45 bits per heavy atom. The summed E-state index contributed by atoms with van der Waals surface area (Å²) in [5.41, 5.74) is 0. The van der Waals surface area contributed by atoms with Crippen LogP contribution in [-0.2, 0) is 18.6 Å². The van der Waals surface area contributed by atoms with Crippen molar-refractivity contribution >= 4 is 14.0 Å². The highest BCUT2D eigenvalue weighted by atomic mass is 31.1. The summed E-state index contributed by atoms with van der Waals surface area (Å²) < 4.78 is 19.7. The fraction of sp³-hybridized carbons (Fsp3) is 0.833. The maximum absolute atomic E-state index is 10.8. The third-order valence-corrected chi connectivity index (χ3v) is 2.48. The smallest absolute Gasteiger partial charge is 0.469 e. The van der Waals surface area contributed by atoms with Gasteiger partial charge in [-0.2, -0.15) is 0 Å². The Morgan fingerprint density at radius 2 is 2.09 bits per heavy atom. The van der Waals surface area contributed by atoms with Gasteiger partial charge in [0.25, 0.3) is 0 Å². The van der Waals surface area contributed by atoms with Gasteiger partial charge in [0.15, 0.2) is 6.16 Å². The highest BCUT2D eigenvalue weighted by Gasteiger charge is 2.25. The van der Waals surface area contributed by atoms with E-state index in [0.29, 0.717) is 0 Å². The zero-order valence-corrected chi connectivity index (χ0v) is 7.76. The Hall–Kier alpha value is -0.470. The molecular weight excluding hydrogens is 167 g/mol. The quantitative estimate of drug-likeness (QED) is 0.480. The molecule has 0 aliphatic rings. The molecule has 0 radical (unpaired) electrons. The third-order valence-electron chi connectivity index (χ3n) is 1.23. The van der Waals surface area contributed by atoms with Crippen LogP contribution in [0.4, 0.5) is 0 Å². The molecular formula is C6H12O4P+. The van der Waals surface area contributed by atoms with E-state index in [4.69, 9.17) is 0 Å². The van der Waals surface area contributed by atoms with Gasteiger partial charge in [-0.3, -0.25) is 4.79 Å². The van der Waals surface area contributed by atoms with Gasteiger partial charge in [-0.05, 0) is 11.5 Å². The standard InChI is InChI=1S/C6H12O4P/c1-5(6(7)9-2)4-11(8)10-3/h5H,4H2,1-3H3/q+1. The van der Waals surface area contributed by atoms with Crippen LogP contribution in [-0.4, -0.2) is 26.4 Å². The van der Waals surface area contributed by atoms with Gasteiger partial charge in [-0.1, -0.05) is 0 Å². The molecule has 0 rings (SSSR count). The Labute approximate surface area is 66.7 Å². The van der Waals surface area contributed by atoms with E-state index in [2.05, 4.69) is 9.26 Å². The van der Waals surface area contributed by atoms with Crippen molar-refractivity contribution in [2.45, 2.75) is 6.92 Å². The van der Waals surface area contributed by atoms with E-state index < -0.39 is 8.03 Å². The van der Waals surface area contributed by atoms with E-state index in [1.165, 1.54) is 14.2 Å². The second-order valence-electron chi connectivity index (χ2n) is 2.12. The molecule has 64 valence electrons. The molecule has 0 heterocycles. The summed E-state index contributed by atoms with van der Waals surface area (Å²) in [6.45, 7) is 1.65. The molecule has 0 aromatic carbocycles. The number of rotatable bonds is 4. The largest absolute Gasteiger partial charge is 0.508 e. The molecule has 0 amide bonds. The Kier molecular flexibility index (Phi) is 4.99. The Bertz CT molecular complexity index is 157. The summed E-state index contributed by atoms with van der Waals surface area (Å²) in [5.74, 6) is -0.714. The summed E-state index contributed by atoms with van der Waals surface area (Å²) >= 11 is 0. The molecule has 0 saturated carbocycles. The SMILES string of the molecule is COC(=O)C(C)C[P+](=O)OC. The van der Waals surface area contributed by atoms with Crippen LogP contribution in [0.2, 0.25) is 0 Å². The fourth-order valence-corrected chi connectivity index (χ4v) is 1.32. The van der Waals surface area contributed by atoms with Crippen LogP contribution < -0.4 is 0 Å². The van der Waals surface area contributed by atoms with Crippen molar-refractivity contribution in [2.24, 2.45) is 5.92 Å². The molecule has 0 N–H and O–H groups in total. The van der Waals surface area contributed by atoms with Gasteiger partial charge in [0.1, 0.15) is 5.92 Å². The minimum absolute atomic E-state index is 0.221. The number of esters is 1. The van der Waals surface area contributed by atoms with Crippen molar-refractivity contribution in [2.75, 3.05) is 20.4 Å². The van der Waals surface area contributed by atoms with Gasteiger partial charge in [-0.25, -0.2) is 0 Å². The van der Waals surface area contributed by atoms with Crippen molar-refractivity contribution < 1.29 is 18.6 Å². The van der Waals surface area contributed by atoms with Gasteiger partial charge in [0.05, 0.1) is 14.2 Å². The van der Waals surface area contributed by atoms with Crippen LogP contribution in [0.15, 0.2) is 0 Å². The lowest BCUT2D eigenvalue weighted by molar-refractivity contribution is -0.144. The second-order valence-corrected chi connectivity index (χ2v) is 3.52. The van der Waals surface area contributed by atoms with E-state index in [0.717, 1.165) is 0 Å². The fourth-order valence-electron chi connectivity index (χ4n) is 0.574. The number of methoxy groups -OCH3 is 1. The van der Waals surface area contributed by atoms with Crippen LogP contribution in [0.25, 0.3) is 0 Å². The van der Waals surface area contributed by atoms with Crippen molar-refractivity contribution in [1.29, 1.82) is 0 Å². The highest BCUT2D eigenvalue weighted by molar-refractivity contribution is 7.39. The average molecular weight is 179 g/mol. The first kappa shape index (κ1) is 10.5. The predicted molar refractivity (Wildman–Crippen MR) is 40.7 cm³/mol. The van der Waals surface area contributed by atoms with Crippen LogP contribution in [0.5, 0.6) is 0 Å². The third kappa shape index (κ3) is 4.06. The molecule has 5 heteroatoms. The molecule has 11 heavy (non-hydrogen) atoms. The summed E-state index contributed by atoms with van der Waals surface area (Å²) in [6, 6.07) is 0. The van der Waals surface area contributed by atoms with Crippen LogP contribution in [0.3, 0.4) is 0 Å². The molecule has 2 unspecified atom stereocenters. The van der Waals surface area contributed by atoms with E-state index in [1.807, 2.05) is 0 Å². The maximum Gasteiger partial charge on any atom is 0.508 e. The van der Waals surface area contributed by atoms with Crippen molar-refractivity contribution in [3.63, 3.8) is 0 Å². The minimum atomic E-state index is -1.71. The first-order valence-electron chi connectivity index (χ1n) is 3.18. The Balaban J connectivity index is 3.77. The van der Waals surface area contributed by atoms with Gasteiger partial charge in [-0.15, -0.1) is 4.52 Å². The molecule has 4 nitrogen and oxygen atoms in total. The van der Waals surface area contributed by atoms with Gasteiger partial charge >= 0.3 is 14.0 Å². The van der Waals surface area contributed by atoms with E-state index >= 15 is 0 Å². The molecule has 0 aliphatic heterocycles. The van der Waals surface area contributed by atoms with Gasteiger partial charge in [0.2, 0.25) is 0 Å². The zero-order chi connectivity index (χ0) is 8.85. The van der Waals surface area contributed by atoms with Crippen LogP contribution >= 0.6 is 8.03 Å². The lowest BCUT2D eigenvalue weighted by Crippen LogP contribution is -2.14. The lowest BCUT2D eigenvalue weighted by Gasteiger charge is -2.00. The summed E-state index contributed by atoms with van der Waals surface area (Å²) in [7, 11) is 0.947. The minimum Gasteiger partial charge on any atom is -0.469 e. The number of ether oxygens (including phenoxy) is 1. The van der Waals surface area contributed by atoms with Gasteiger partial charge < -0.3 is 4.74 Å². The normalized spacial score (nSPS) is 13.9. The van der Waals surface area contributed by atoms with Crippen molar-refractivity contribution in [3.8, 4) is 0 Å². The molecule has 0 aromatic rings. The van der Waals surface area contributed by atoms with Crippen LogP contribution in [0, 0.1) is 5.92 Å². The summed E-state index contributed by atoms with van der Waals surface area (Å²) in [4.78, 5) is 10.8.